The number of benzene rings is 3. The van der Waals surface area contributed by atoms with Crippen LogP contribution < -0.4 is 20.1 Å². The molecule has 6 nitrogen and oxygen atoms in total. The highest BCUT2D eigenvalue weighted by Gasteiger charge is 2.40. The molecule has 11 heteroatoms. The lowest BCUT2D eigenvalue weighted by molar-refractivity contribution is -0.174. The molecule has 0 radical (unpaired) electrons. The van der Waals surface area contributed by atoms with Crippen molar-refractivity contribution in [1.82, 2.24) is 5.32 Å². The second-order valence-corrected chi connectivity index (χ2v) is 7.72. The Balaban J connectivity index is 1.91. The van der Waals surface area contributed by atoms with Crippen LogP contribution in [0.2, 0.25) is 0 Å². The molecule has 0 unspecified atom stereocenters. The smallest absolute Gasteiger partial charge is 0.471 e. The first-order valence-corrected chi connectivity index (χ1v) is 10.6. The van der Waals surface area contributed by atoms with Crippen molar-refractivity contribution in [2.45, 2.75) is 25.2 Å². The lowest BCUT2D eigenvalue weighted by atomic mass is 10.0. The number of carbonyl (C=O) groups excluding carboxylic acids is 1. The number of alkyl halides is 3. The van der Waals surface area contributed by atoms with Crippen molar-refractivity contribution < 1.29 is 36.2 Å². The van der Waals surface area contributed by atoms with Gasteiger partial charge in [-0.05, 0) is 67.1 Å². The van der Waals surface area contributed by atoms with E-state index in [0.29, 0.717) is 16.9 Å². The van der Waals surface area contributed by atoms with Gasteiger partial charge < -0.3 is 25.5 Å². The normalized spacial score (nSPS) is 12.9. The summed E-state index contributed by atoms with van der Waals surface area (Å²) in [6.45, 7) is 1.29. The van der Waals surface area contributed by atoms with E-state index < -0.39 is 35.9 Å². The summed E-state index contributed by atoms with van der Waals surface area (Å²) in [5, 5.41) is 12.6. The summed E-state index contributed by atoms with van der Waals surface area (Å²) in [7, 11) is 1.26. The first-order chi connectivity index (χ1) is 17.0. The summed E-state index contributed by atoms with van der Waals surface area (Å²) in [6.07, 6.45) is -5.33. The Morgan fingerprint density at radius 2 is 1.72 bits per heavy atom. The number of ether oxygens (including phenoxy) is 2. The van der Waals surface area contributed by atoms with Gasteiger partial charge in [-0.2, -0.15) is 13.2 Å². The second kappa shape index (κ2) is 11.1. The first kappa shape index (κ1) is 26.5. The second-order valence-electron chi connectivity index (χ2n) is 7.72. The zero-order valence-electron chi connectivity index (χ0n) is 19.1. The molecule has 190 valence electrons. The van der Waals surface area contributed by atoms with Crippen molar-refractivity contribution in [2.24, 2.45) is 0 Å². The number of rotatable bonds is 9. The Morgan fingerprint density at radius 1 is 1.03 bits per heavy atom. The van der Waals surface area contributed by atoms with Gasteiger partial charge in [0, 0.05) is 23.2 Å². The van der Waals surface area contributed by atoms with Crippen molar-refractivity contribution in [1.29, 1.82) is 5.41 Å². The van der Waals surface area contributed by atoms with E-state index in [1.807, 2.05) is 5.32 Å². The maximum atomic E-state index is 14.4. The molecular weight excluding hydrogens is 485 g/mol. The molecule has 0 aliphatic carbocycles. The number of anilines is 2. The minimum atomic E-state index is -5.12. The number of amides is 1. The minimum Gasteiger partial charge on any atom is -0.494 e. The SMILES string of the molecule is COc1ccc([C@@H](Oc2ccc(Nc3ccc(F)cc3)c(C=N)c2)[C@H](C)NC(=O)C(F)(F)F)cc1F. The molecule has 3 aromatic carbocycles. The maximum Gasteiger partial charge on any atom is 0.471 e. The standard InChI is InChI=1S/C25H22F5N3O3/c1-14(32-24(34)25(28,29)30)23(15-3-10-22(35-2)20(27)12-15)36-19-8-9-21(16(11-19)13-31)33-18-6-4-17(26)5-7-18/h3-14,23,31,33H,1-2H3,(H,32,34)/t14-,23-/m0/s1. The van der Waals surface area contributed by atoms with E-state index in [2.05, 4.69) is 5.32 Å². The Kier molecular flexibility index (Phi) is 8.13. The Morgan fingerprint density at radius 3 is 2.31 bits per heavy atom. The molecule has 36 heavy (non-hydrogen) atoms. The molecule has 1 amide bonds. The van der Waals surface area contributed by atoms with E-state index in [1.165, 1.54) is 62.6 Å². The third-order valence-electron chi connectivity index (χ3n) is 5.14. The molecule has 3 aromatic rings. The average molecular weight is 507 g/mol. The largest absolute Gasteiger partial charge is 0.494 e. The summed E-state index contributed by atoms with van der Waals surface area (Å²) in [6, 6.07) is 12.5. The molecule has 0 bridgehead atoms. The van der Waals surface area contributed by atoms with Crippen molar-refractivity contribution in [3.8, 4) is 11.5 Å². The van der Waals surface area contributed by atoms with Gasteiger partial charge in [0.25, 0.3) is 0 Å². The van der Waals surface area contributed by atoms with E-state index in [1.54, 1.807) is 6.07 Å². The van der Waals surface area contributed by atoms with Gasteiger partial charge >= 0.3 is 12.1 Å². The molecule has 0 heterocycles. The third kappa shape index (κ3) is 6.49. The van der Waals surface area contributed by atoms with Gasteiger partial charge in [0.15, 0.2) is 11.6 Å². The Labute approximate surface area is 203 Å². The lowest BCUT2D eigenvalue weighted by Gasteiger charge is -2.27. The predicted molar refractivity (Wildman–Crippen MR) is 124 cm³/mol. The molecule has 3 N–H and O–H groups in total. The molecule has 0 fully saturated rings. The van der Waals surface area contributed by atoms with Gasteiger partial charge in [0.2, 0.25) is 0 Å². The quantitative estimate of drug-likeness (QED) is 0.249. The van der Waals surface area contributed by atoms with Crippen LogP contribution in [-0.4, -0.2) is 31.4 Å². The highest BCUT2D eigenvalue weighted by atomic mass is 19.4. The van der Waals surface area contributed by atoms with Crippen LogP contribution >= 0.6 is 0 Å². The van der Waals surface area contributed by atoms with Crippen LogP contribution in [0.25, 0.3) is 0 Å². The number of hydrogen-bond donors (Lipinski definition) is 3. The summed E-state index contributed by atoms with van der Waals surface area (Å²) >= 11 is 0. The van der Waals surface area contributed by atoms with E-state index in [0.717, 1.165) is 12.3 Å². The Hall–Kier alpha value is -4.15. The maximum absolute atomic E-state index is 14.4. The summed E-state index contributed by atoms with van der Waals surface area (Å²) in [5.74, 6) is -3.28. The van der Waals surface area contributed by atoms with Crippen molar-refractivity contribution in [3.63, 3.8) is 0 Å². The summed E-state index contributed by atoms with van der Waals surface area (Å²) in [4.78, 5) is 11.5. The fourth-order valence-corrected chi connectivity index (χ4v) is 3.37. The van der Waals surface area contributed by atoms with E-state index in [4.69, 9.17) is 14.9 Å². The van der Waals surface area contributed by atoms with Crippen LogP contribution in [0.4, 0.5) is 33.3 Å². The summed E-state index contributed by atoms with van der Waals surface area (Å²) < 4.78 is 76.8. The van der Waals surface area contributed by atoms with Gasteiger partial charge in [-0.3, -0.25) is 4.79 Å². The van der Waals surface area contributed by atoms with Crippen molar-refractivity contribution >= 4 is 23.5 Å². The van der Waals surface area contributed by atoms with Crippen molar-refractivity contribution in [2.75, 3.05) is 12.4 Å². The van der Waals surface area contributed by atoms with Crippen LogP contribution in [-0.2, 0) is 4.79 Å². The molecule has 0 spiro atoms. The lowest BCUT2D eigenvalue weighted by Crippen LogP contribution is -2.45. The van der Waals surface area contributed by atoms with Crippen LogP contribution in [0.5, 0.6) is 11.5 Å². The van der Waals surface area contributed by atoms with Crippen LogP contribution in [0, 0.1) is 17.0 Å². The van der Waals surface area contributed by atoms with Crippen LogP contribution in [0.15, 0.2) is 60.7 Å². The zero-order valence-corrected chi connectivity index (χ0v) is 19.1. The molecule has 0 saturated heterocycles. The molecule has 3 rings (SSSR count). The monoisotopic (exact) mass is 507 g/mol. The molecular formula is C25H22F5N3O3. The topological polar surface area (TPSA) is 83.4 Å². The van der Waals surface area contributed by atoms with Crippen LogP contribution in [0.3, 0.4) is 0 Å². The Bertz CT molecular complexity index is 1230. The number of methoxy groups -OCH3 is 1. The third-order valence-corrected chi connectivity index (χ3v) is 5.14. The van der Waals surface area contributed by atoms with Crippen molar-refractivity contribution in [3.05, 3.63) is 83.4 Å². The number of halogens is 5. The van der Waals surface area contributed by atoms with Crippen LogP contribution in [0.1, 0.15) is 24.2 Å². The first-order valence-electron chi connectivity index (χ1n) is 10.6. The average Bonchev–Trinajstić information content (AvgIpc) is 2.83. The van der Waals surface area contributed by atoms with Gasteiger partial charge in [0.05, 0.1) is 13.2 Å². The minimum absolute atomic E-state index is 0.0770. The number of carbonyl (C=O) groups is 1. The molecule has 0 saturated carbocycles. The fourth-order valence-electron chi connectivity index (χ4n) is 3.37. The predicted octanol–water partition coefficient (Wildman–Crippen LogP) is 5.90. The zero-order chi connectivity index (χ0) is 26.5. The van der Waals surface area contributed by atoms with Gasteiger partial charge in [-0.15, -0.1) is 0 Å². The van der Waals surface area contributed by atoms with E-state index in [-0.39, 0.29) is 17.1 Å². The van der Waals surface area contributed by atoms with E-state index in [9.17, 15) is 26.7 Å². The number of hydrogen-bond acceptors (Lipinski definition) is 5. The van der Waals surface area contributed by atoms with Gasteiger partial charge in [-0.1, -0.05) is 6.07 Å². The number of nitrogens with one attached hydrogen (secondary N) is 3. The molecule has 0 aliphatic rings. The molecule has 2 atom stereocenters. The molecule has 0 aromatic heterocycles. The summed E-state index contributed by atoms with van der Waals surface area (Å²) in [5.41, 5.74) is 1.54. The fraction of sp³-hybridized carbons (Fsp3) is 0.200. The van der Waals surface area contributed by atoms with Gasteiger partial charge in [0.1, 0.15) is 17.7 Å². The highest BCUT2D eigenvalue weighted by Crippen LogP contribution is 2.31. The highest BCUT2D eigenvalue weighted by molar-refractivity contribution is 5.88. The van der Waals surface area contributed by atoms with E-state index >= 15 is 0 Å². The molecule has 0 aliphatic heterocycles. The van der Waals surface area contributed by atoms with Gasteiger partial charge in [-0.25, -0.2) is 8.78 Å².